The van der Waals surface area contributed by atoms with Crippen LogP contribution in [0.3, 0.4) is 0 Å². The summed E-state index contributed by atoms with van der Waals surface area (Å²) >= 11 is 6.00. The van der Waals surface area contributed by atoms with Crippen molar-refractivity contribution < 1.29 is 14.4 Å². The first-order chi connectivity index (χ1) is 10.5. The Kier molecular flexibility index (Phi) is 4.02. The summed E-state index contributed by atoms with van der Waals surface area (Å²) in [5, 5.41) is 2.86. The molecule has 2 fully saturated rings. The summed E-state index contributed by atoms with van der Waals surface area (Å²) in [5.41, 5.74) is 1.12. The predicted molar refractivity (Wildman–Crippen MR) is 80.5 cm³/mol. The van der Waals surface area contributed by atoms with Gasteiger partial charge in [-0.3, -0.25) is 14.9 Å². The van der Waals surface area contributed by atoms with Crippen molar-refractivity contribution in [3.63, 3.8) is 0 Å². The smallest absolute Gasteiger partial charge is 0.325 e. The Hall–Kier alpha value is -2.08. The zero-order chi connectivity index (χ0) is 15.7. The largest absolute Gasteiger partial charge is 0.341 e. The molecule has 1 N–H and O–H groups in total. The van der Waals surface area contributed by atoms with E-state index in [1.165, 1.54) is 4.90 Å². The fraction of sp³-hybridized carbons (Fsp3) is 0.400. The normalized spacial score (nSPS) is 21.4. The highest BCUT2D eigenvalue weighted by molar-refractivity contribution is 6.30. The molecule has 7 heteroatoms. The number of likely N-dealkylation sites (tertiary alicyclic amines) is 1. The van der Waals surface area contributed by atoms with Crippen LogP contribution in [0.1, 0.15) is 17.9 Å². The van der Waals surface area contributed by atoms with Gasteiger partial charge in [0.05, 0.1) is 0 Å². The van der Waals surface area contributed by atoms with Crippen LogP contribution in [0.4, 0.5) is 4.79 Å². The van der Waals surface area contributed by atoms with E-state index < -0.39 is 6.03 Å². The molecule has 116 valence electrons. The molecule has 2 aliphatic rings. The predicted octanol–water partition coefficient (Wildman–Crippen LogP) is 1.21. The highest BCUT2D eigenvalue weighted by Crippen LogP contribution is 2.28. The van der Waals surface area contributed by atoms with Gasteiger partial charge in [0.2, 0.25) is 11.8 Å². The molecule has 22 heavy (non-hydrogen) atoms. The minimum Gasteiger partial charge on any atom is -0.341 e. The van der Waals surface area contributed by atoms with Crippen molar-refractivity contribution in [2.75, 3.05) is 26.2 Å². The third-order valence-electron chi connectivity index (χ3n) is 4.06. The summed E-state index contributed by atoms with van der Waals surface area (Å²) in [7, 11) is 0. The molecule has 4 amide bonds. The van der Waals surface area contributed by atoms with Crippen molar-refractivity contribution in [3.05, 3.63) is 34.9 Å². The maximum absolute atomic E-state index is 12.3. The average Bonchev–Trinajstić information content (AvgIpc) is 3.06. The van der Waals surface area contributed by atoms with E-state index in [4.69, 9.17) is 11.6 Å². The lowest BCUT2D eigenvalue weighted by Crippen LogP contribution is -2.40. The zero-order valence-corrected chi connectivity index (χ0v) is 12.7. The number of hydrogen-bond acceptors (Lipinski definition) is 3. The third-order valence-corrected chi connectivity index (χ3v) is 4.29. The summed E-state index contributed by atoms with van der Waals surface area (Å²) < 4.78 is 0. The minimum atomic E-state index is -0.496. The molecule has 6 nitrogen and oxygen atoms in total. The van der Waals surface area contributed by atoms with Crippen molar-refractivity contribution in [1.82, 2.24) is 15.1 Å². The van der Waals surface area contributed by atoms with Crippen LogP contribution in [0.2, 0.25) is 5.02 Å². The van der Waals surface area contributed by atoms with Gasteiger partial charge >= 0.3 is 6.03 Å². The van der Waals surface area contributed by atoms with E-state index in [0.29, 0.717) is 18.1 Å². The van der Waals surface area contributed by atoms with Crippen LogP contribution in [-0.2, 0) is 9.59 Å². The van der Waals surface area contributed by atoms with E-state index in [0.717, 1.165) is 12.0 Å². The van der Waals surface area contributed by atoms with Crippen LogP contribution in [-0.4, -0.2) is 53.8 Å². The van der Waals surface area contributed by atoms with Crippen molar-refractivity contribution in [3.8, 4) is 0 Å². The average molecular weight is 322 g/mol. The number of imide groups is 1. The van der Waals surface area contributed by atoms with Gasteiger partial charge in [-0.25, -0.2) is 4.79 Å². The van der Waals surface area contributed by atoms with Crippen molar-refractivity contribution in [2.45, 2.75) is 12.3 Å². The molecule has 1 unspecified atom stereocenters. The number of carbonyl (C=O) groups is 3. The Bertz CT molecular complexity index is 634. The maximum atomic E-state index is 12.3. The summed E-state index contributed by atoms with van der Waals surface area (Å²) in [6.07, 6.45) is 0.872. The monoisotopic (exact) mass is 321 g/mol. The highest BCUT2D eigenvalue weighted by Gasteiger charge is 2.32. The van der Waals surface area contributed by atoms with Gasteiger partial charge in [-0.05, 0) is 24.1 Å². The molecule has 0 aliphatic carbocycles. The molecule has 1 aromatic carbocycles. The minimum absolute atomic E-state index is 0.0455. The molecule has 0 saturated carbocycles. The van der Waals surface area contributed by atoms with Gasteiger partial charge in [-0.1, -0.05) is 23.7 Å². The summed E-state index contributed by atoms with van der Waals surface area (Å²) in [6, 6.07) is 7.17. The molecule has 2 aliphatic heterocycles. The number of nitrogens with one attached hydrogen (secondary N) is 1. The second-order valence-electron chi connectivity index (χ2n) is 5.59. The van der Waals surface area contributed by atoms with E-state index in [9.17, 15) is 14.4 Å². The molecule has 1 atom stereocenters. The maximum Gasteiger partial charge on any atom is 0.325 e. The highest BCUT2D eigenvalue weighted by atomic mass is 35.5. The third kappa shape index (κ3) is 3.06. The first-order valence-electron chi connectivity index (χ1n) is 7.15. The van der Waals surface area contributed by atoms with Crippen LogP contribution < -0.4 is 5.32 Å². The number of halogens is 1. The van der Waals surface area contributed by atoms with Gasteiger partial charge in [0.25, 0.3) is 0 Å². The quantitative estimate of drug-likeness (QED) is 0.851. The van der Waals surface area contributed by atoms with E-state index in [1.807, 2.05) is 24.3 Å². The standard InChI is InChI=1S/C15H16ClN3O3/c16-12-3-1-2-10(6-12)11-4-5-18(7-11)14(21)9-19-8-13(20)17-15(19)22/h1-3,6,11H,4-5,7-9H2,(H,17,20,22). The lowest BCUT2D eigenvalue weighted by Gasteiger charge is -2.20. The topological polar surface area (TPSA) is 69.7 Å². The Morgan fingerprint density at radius 3 is 2.86 bits per heavy atom. The van der Waals surface area contributed by atoms with Crippen molar-refractivity contribution in [2.24, 2.45) is 0 Å². The summed E-state index contributed by atoms with van der Waals surface area (Å²) in [4.78, 5) is 37.8. The Morgan fingerprint density at radius 2 is 2.18 bits per heavy atom. The first-order valence-corrected chi connectivity index (χ1v) is 7.53. The van der Waals surface area contributed by atoms with E-state index in [1.54, 1.807) is 4.90 Å². The molecule has 1 aromatic rings. The number of carbonyl (C=O) groups excluding carboxylic acids is 3. The molecule has 0 aromatic heterocycles. The molecule has 0 spiro atoms. The molecule has 3 rings (SSSR count). The number of urea groups is 1. The number of rotatable bonds is 3. The second kappa shape index (κ2) is 5.96. The van der Waals surface area contributed by atoms with Gasteiger partial charge in [0.15, 0.2) is 0 Å². The zero-order valence-electron chi connectivity index (χ0n) is 11.9. The van der Waals surface area contributed by atoms with Crippen LogP contribution in [0, 0.1) is 0 Å². The fourth-order valence-corrected chi connectivity index (χ4v) is 3.09. The number of hydrogen-bond donors (Lipinski definition) is 1. The van der Waals surface area contributed by atoms with Gasteiger partial charge in [-0.15, -0.1) is 0 Å². The Balaban J connectivity index is 1.59. The molecular weight excluding hydrogens is 306 g/mol. The van der Waals surface area contributed by atoms with Crippen LogP contribution in [0.5, 0.6) is 0 Å². The van der Waals surface area contributed by atoms with Crippen molar-refractivity contribution >= 4 is 29.4 Å². The first kappa shape index (κ1) is 14.8. The molecule has 2 saturated heterocycles. The van der Waals surface area contributed by atoms with Gasteiger partial charge < -0.3 is 9.80 Å². The molecule has 0 radical (unpaired) electrons. The fourth-order valence-electron chi connectivity index (χ4n) is 2.89. The number of nitrogens with zero attached hydrogens (tertiary/aromatic N) is 2. The van der Waals surface area contributed by atoms with Crippen LogP contribution >= 0.6 is 11.6 Å². The van der Waals surface area contributed by atoms with Crippen LogP contribution in [0.15, 0.2) is 24.3 Å². The van der Waals surface area contributed by atoms with Gasteiger partial charge in [-0.2, -0.15) is 0 Å². The SMILES string of the molecule is O=C1CN(CC(=O)N2CCC(c3cccc(Cl)c3)C2)C(=O)N1. The summed E-state index contributed by atoms with van der Waals surface area (Å²) in [6.45, 7) is 1.16. The van der Waals surface area contributed by atoms with Crippen LogP contribution in [0.25, 0.3) is 0 Å². The van der Waals surface area contributed by atoms with E-state index in [-0.39, 0.29) is 30.8 Å². The summed E-state index contributed by atoms with van der Waals surface area (Å²) in [5.74, 6) is -0.234. The molecular formula is C15H16ClN3O3. The van der Waals surface area contributed by atoms with Gasteiger partial charge in [0.1, 0.15) is 13.1 Å². The lowest BCUT2D eigenvalue weighted by molar-refractivity contribution is -0.130. The molecule has 2 heterocycles. The van der Waals surface area contributed by atoms with E-state index >= 15 is 0 Å². The molecule has 0 bridgehead atoms. The second-order valence-corrected chi connectivity index (χ2v) is 6.03. The Labute approximate surface area is 133 Å². The lowest BCUT2D eigenvalue weighted by atomic mass is 9.99. The number of benzene rings is 1. The van der Waals surface area contributed by atoms with E-state index in [2.05, 4.69) is 5.32 Å². The number of amides is 4. The Morgan fingerprint density at radius 1 is 1.36 bits per heavy atom. The van der Waals surface area contributed by atoms with Crippen molar-refractivity contribution in [1.29, 1.82) is 0 Å². The van der Waals surface area contributed by atoms with Gasteiger partial charge in [0, 0.05) is 24.0 Å².